The maximum Gasteiger partial charge on any atom is 0.0720 e. The third-order valence-corrected chi connectivity index (χ3v) is 4.74. The quantitative estimate of drug-likeness (QED) is 0.678. The lowest BCUT2D eigenvalue weighted by atomic mass is 9.90. The van der Waals surface area contributed by atoms with Gasteiger partial charge in [0.2, 0.25) is 0 Å². The topological polar surface area (TPSA) is 33.3 Å². The van der Waals surface area contributed by atoms with Gasteiger partial charge in [0.1, 0.15) is 0 Å². The number of hydrogen-bond donors (Lipinski definition) is 2. The molecule has 1 saturated carbocycles. The first kappa shape index (κ1) is 17.0. The molecule has 0 bridgehead atoms. The molecule has 3 rings (SSSR count). The molecule has 0 spiro atoms. The van der Waals surface area contributed by atoms with Gasteiger partial charge in [0.05, 0.1) is 6.61 Å². The van der Waals surface area contributed by atoms with E-state index >= 15 is 0 Å². The Morgan fingerprint density at radius 1 is 0.833 bits per heavy atom. The van der Waals surface area contributed by atoms with Crippen LogP contribution in [-0.4, -0.2) is 6.61 Å². The van der Waals surface area contributed by atoms with Crippen LogP contribution < -0.4 is 10.9 Å². The highest BCUT2D eigenvalue weighted by molar-refractivity contribution is 5.41. The van der Waals surface area contributed by atoms with Gasteiger partial charge in [-0.1, -0.05) is 61.7 Å². The van der Waals surface area contributed by atoms with Gasteiger partial charge < -0.3 is 10.2 Å². The molecule has 2 aromatic rings. The first-order valence-corrected chi connectivity index (χ1v) is 9.10. The van der Waals surface area contributed by atoms with Crippen LogP contribution in [0.4, 0.5) is 5.69 Å². The van der Waals surface area contributed by atoms with E-state index in [2.05, 4.69) is 35.1 Å². The van der Waals surface area contributed by atoms with Crippen molar-refractivity contribution in [2.24, 2.45) is 5.92 Å². The standard InChI is InChI=1S/C21H28N2O/c1-3-9-18(10-4-1)16-24-17-20-12-8-7-11-19(20)15-22-23-21-13-5-2-6-14-21/h2,5-8,11-14,18,22-23H,1,3-4,9-10,15-17H2. The Bertz CT molecular complexity index is 594. The van der Waals surface area contributed by atoms with Crippen LogP contribution in [0.5, 0.6) is 0 Å². The molecule has 0 saturated heterocycles. The van der Waals surface area contributed by atoms with Gasteiger partial charge in [0.15, 0.2) is 0 Å². The molecule has 3 nitrogen and oxygen atoms in total. The van der Waals surface area contributed by atoms with E-state index in [0.29, 0.717) is 6.61 Å². The number of anilines is 1. The van der Waals surface area contributed by atoms with E-state index in [-0.39, 0.29) is 0 Å². The summed E-state index contributed by atoms with van der Waals surface area (Å²) in [4.78, 5) is 0. The minimum atomic E-state index is 0.708. The molecule has 2 N–H and O–H groups in total. The van der Waals surface area contributed by atoms with E-state index in [1.54, 1.807) is 0 Å². The molecular formula is C21H28N2O. The molecule has 0 radical (unpaired) electrons. The Labute approximate surface area is 145 Å². The fourth-order valence-corrected chi connectivity index (χ4v) is 3.32. The van der Waals surface area contributed by atoms with Crippen molar-refractivity contribution in [1.29, 1.82) is 0 Å². The molecule has 0 unspecified atom stereocenters. The van der Waals surface area contributed by atoms with Crippen LogP contribution in [0.15, 0.2) is 54.6 Å². The summed E-state index contributed by atoms with van der Waals surface area (Å²) in [7, 11) is 0. The van der Waals surface area contributed by atoms with Crippen molar-refractivity contribution >= 4 is 5.69 Å². The SMILES string of the molecule is c1ccc(NNCc2ccccc2COCC2CCCCC2)cc1. The predicted molar refractivity (Wildman–Crippen MR) is 99.6 cm³/mol. The van der Waals surface area contributed by atoms with Crippen LogP contribution in [0, 0.1) is 5.92 Å². The summed E-state index contributed by atoms with van der Waals surface area (Å²) in [5.74, 6) is 0.767. The second-order valence-corrected chi connectivity index (χ2v) is 6.63. The Balaban J connectivity index is 1.45. The highest BCUT2D eigenvalue weighted by atomic mass is 16.5. The van der Waals surface area contributed by atoms with Crippen molar-refractivity contribution in [2.45, 2.75) is 45.3 Å². The van der Waals surface area contributed by atoms with Gasteiger partial charge >= 0.3 is 0 Å². The van der Waals surface area contributed by atoms with Crippen molar-refractivity contribution in [2.75, 3.05) is 12.0 Å². The van der Waals surface area contributed by atoms with Crippen LogP contribution in [0.25, 0.3) is 0 Å². The zero-order valence-corrected chi connectivity index (χ0v) is 14.3. The van der Waals surface area contributed by atoms with Gasteiger partial charge in [-0.25, -0.2) is 5.43 Å². The van der Waals surface area contributed by atoms with E-state index in [9.17, 15) is 0 Å². The molecule has 0 atom stereocenters. The lowest BCUT2D eigenvalue weighted by Gasteiger charge is -2.21. The molecule has 0 aromatic heterocycles. The summed E-state index contributed by atoms with van der Waals surface area (Å²) < 4.78 is 6.02. The van der Waals surface area contributed by atoms with Crippen LogP contribution in [0.2, 0.25) is 0 Å². The number of nitrogens with one attached hydrogen (secondary N) is 2. The van der Waals surface area contributed by atoms with Crippen LogP contribution >= 0.6 is 0 Å². The van der Waals surface area contributed by atoms with E-state index in [1.807, 2.05) is 30.3 Å². The zero-order valence-electron chi connectivity index (χ0n) is 14.3. The molecule has 0 heterocycles. The molecule has 3 heteroatoms. The predicted octanol–water partition coefficient (Wildman–Crippen LogP) is 4.90. The summed E-state index contributed by atoms with van der Waals surface area (Å²) >= 11 is 0. The average Bonchev–Trinajstić information content (AvgIpc) is 2.65. The van der Waals surface area contributed by atoms with Crippen LogP contribution in [-0.2, 0) is 17.9 Å². The fraction of sp³-hybridized carbons (Fsp3) is 0.429. The fourth-order valence-electron chi connectivity index (χ4n) is 3.32. The highest BCUT2D eigenvalue weighted by Crippen LogP contribution is 2.24. The smallest absolute Gasteiger partial charge is 0.0720 e. The van der Waals surface area contributed by atoms with Crippen molar-refractivity contribution in [3.8, 4) is 0 Å². The third kappa shape index (κ3) is 5.36. The highest BCUT2D eigenvalue weighted by Gasteiger charge is 2.13. The van der Waals surface area contributed by atoms with Crippen molar-refractivity contribution in [3.63, 3.8) is 0 Å². The Morgan fingerprint density at radius 2 is 1.54 bits per heavy atom. The number of rotatable bonds is 8. The number of ether oxygens (including phenoxy) is 1. The van der Waals surface area contributed by atoms with Crippen molar-refractivity contribution in [1.82, 2.24) is 5.43 Å². The van der Waals surface area contributed by atoms with Crippen molar-refractivity contribution < 1.29 is 4.74 Å². The zero-order chi connectivity index (χ0) is 16.5. The van der Waals surface area contributed by atoms with Gasteiger partial charge in [0, 0.05) is 18.8 Å². The number of benzene rings is 2. The molecular weight excluding hydrogens is 296 g/mol. The second kappa shape index (κ2) is 9.45. The van der Waals surface area contributed by atoms with Gasteiger partial charge in [-0.3, -0.25) is 0 Å². The summed E-state index contributed by atoms with van der Waals surface area (Å²) in [6.45, 7) is 2.39. The Hall–Kier alpha value is -1.84. The van der Waals surface area contributed by atoms with E-state index < -0.39 is 0 Å². The van der Waals surface area contributed by atoms with Crippen molar-refractivity contribution in [3.05, 3.63) is 65.7 Å². The summed E-state index contributed by atoms with van der Waals surface area (Å²) in [6, 6.07) is 18.7. The lowest BCUT2D eigenvalue weighted by molar-refractivity contribution is 0.0735. The summed E-state index contributed by atoms with van der Waals surface area (Å²) in [6.07, 6.45) is 6.83. The molecule has 1 fully saturated rings. The number of hydrazine groups is 1. The minimum absolute atomic E-state index is 0.708. The average molecular weight is 324 g/mol. The second-order valence-electron chi connectivity index (χ2n) is 6.63. The van der Waals surface area contributed by atoms with Crippen LogP contribution in [0.3, 0.4) is 0 Å². The molecule has 1 aliphatic carbocycles. The molecule has 1 aliphatic rings. The normalized spacial score (nSPS) is 15.3. The maximum atomic E-state index is 6.02. The monoisotopic (exact) mass is 324 g/mol. The number of hydrogen-bond acceptors (Lipinski definition) is 3. The van der Waals surface area contributed by atoms with E-state index in [1.165, 1.54) is 43.2 Å². The van der Waals surface area contributed by atoms with Gasteiger partial charge in [0.25, 0.3) is 0 Å². The third-order valence-electron chi connectivity index (χ3n) is 4.74. The maximum absolute atomic E-state index is 6.02. The van der Waals surface area contributed by atoms with E-state index in [0.717, 1.165) is 24.8 Å². The van der Waals surface area contributed by atoms with Crippen LogP contribution in [0.1, 0.15) is 43.2 Å². The molecule has 24 heavy (non-hydrogen) atoms. The van der Waals surface area contributed by atoms with Gasteiger partial charge in [-0.05, 0) is 42.0 Å². The summed E-state index contributed by atoms with van der Waals surface area (Å²) in [5, 5.41) is 0. The first-order chi connectivity index (χ1) is 11.9. The Morgan fingerprint density at radius 3 is 2.33 bits per heavy atom. The van der Waals surface area contributed by atoms with Gasteiger partial charge in [-0.15, -0.1) is 0 Å². The van der Waals surface area contributed by atoms with E-state index in [4.69, 9.17) is 4.74 Å². The van der Waals surface area contributed by atoms with Gasteiger partial charge in [-0.2, -0.15) is 0 Å². The lowest BCUT2D eigenvalue weighted by Crippen LogP contribution is -2.21. The summed E-state index contributed by atoms with van der Waals surface area (Å²) in [5.41, 5.74) is 10.2. The molecule has 0 amide bonds. The molecule has 2 aromatic carbocycles. The molecule has 128 valence electrons. The molecule has 0 aliphatic heterocycles. The minimum Gasteiger partial charge on any atom is -0.376 e. The first-order valence-electron chi connectivity index (χ1n) is 9.10. The Kier molecular flexibility index (Phi) is 6.70. The number of para-hydroxylation sites is 1. The largest absolute Gasteiger partial charge is 0.376 e.